The fourth-order valence-corrected chi connectivity index (χ4v) is 2.66. The Hall–Kier alpha value is -2.46. The quantitative estimate of drug-likeness (QED) is 0.749. The number of aromatic nitrogens is 1. The third-order valence-electron chi connectivity index (χ3n) is 3.79. The number of rotatable bonds is 4. The molecule has 4 nitrogen and oxygen atoms in total. The molecule has 23 heavy (non-hydrogen) atoms. The van der Waals surface area contributed by atoms with Crippen LogP contribution in [0.4, 0.5) is 0 Å². The molecule has 3 rings (SSSR count). The number of hydrogen-bond acceptors (Lipinski definition) is 2. The average molecular weight is 329 g/mol. The van der Waals surface area contributed by atoms with Crippen molar-refractivity contribution >= 4 is 28.4 Å². The Bertz CT molecular complexity index is 840. The molecule has 0 fully saturated rings. The van der Waals surface area contributed by atoms with Gasteiger partial charge in [0.25, 0.3) is 5.91 Å². The molecule has 0 aliphatic rings. The van der Waals surface area contributed by atoms with E-state index < -0.39 is 0 Å². The maximum atomic E-state index is 12.4. The summed E-state index contributed by atoms with van der Waals surface area (Å²) in [5.74, 6) is 0.639. The highest BCUT2D eigenvalue weighted by Gasteiger charge is 2.14. The van der Waals surface area contributed by atoms with Crippen molar-refractivity contribution in [2.45, 2.75) is 13.0 Å². The zero-order valence-corrected chi connectivity index (χ0v) is 13.6. The highest BCUT2D eigenvalue weighted by atomic mass is 35.5. The van der Waals surface area contributed by atoms with E-state index in [1.165, 1.54) is 0 Å². The lowest BCUT2D eigenvalue weighted by Crippen LogP contribution is -2.26. The molecule has 1 unspecified atom stereocenters. The number of methoxy groups -OCH3 is 1. The fraction of sp³-hybridized carbons (Fsp3) is 0.167. The normalized spacial score (nSPS) is 12.1. The van der Waals surface area contributed by atoms with Gasteiger partial charge in [0, 0.05) is 15.9 Å². The van der Waals surface area contributed by atoms with Crippen molar-refractivity contribution in [2.24, 2.45) is 0 Å². The minimum Gasteiger partial charge on any atom is -0.497 e. The van der Waals surface area contributed by atoms with E-state index in [1.807, 2.05) is 43.3 Å². The van der Waals surface area contributed by atoms with Crippen LogP contribution in [0.1, 0.15) is 29.0 Å². The lowest BCUT2D eigenvalue weighted by Gasteiger charge is -2.14. The van der Waals surface area contributed by atoms with Crippen molar-refractivity contribution in [1.29, 1.82) is 0 Å². The number of ether oxygens (including phenoxy) is 1. The molecule has 3 aromatic rings. The van der Waals surface area contributed by atoms with Crippen LogP contribution in [0, 0.1) is 0 Å². The number of carbonyl (C=O) groups is 1. The van der Waals surface area contributed by atoms with Crippen LogP contribution in [-0.4, -0.2) is 18.0 Å². The number of halogens is 1. The Balaban J connectivity index is 1.76. The number of hydrogen-bond donors (Lipinski definition) is 2. The zero-order valence-electron chi connectivity index (χ0n) is 12.9. The molecule has 1 heterocycles. The van der Waals surface area contributed by atoms with E-state index in [0.29, 0.717) is 10.7 Å². The number of nitrogens with one attached hydrogen (secondary N) is 2. The molecule has 1 aromatic heterocycles. The number of fused-ring (bicyclic) bond motifs is 1. The number of benzene rings is 2. The molecular weight excluding hydrogens is 312 g/mol. The second kappa shape index (κ2) is 6.34. The Morgan fingerprint density at radius 3 is 2.61 bits per heavy atom. The molecule has 0 bridgehead atoms. The molecule has 2 N–H and O–H groups in total. The van der Waals surface area contributed by atoms with E-state index in [4.69, 9.17) is 16.3 Å². The predicted molar refractivity (Wildman–Crippen MR) is 92.2 cm³/mol. The molecule has 0 spiro atoms. The van der Waals surface area contributed by atoms with Crippen LogP contribution < -0.4 is 10.1 Å². The Labute approximate surface area is 139 Å². The monoisotopic (exact) mass is 328 g/mol. The summed E-state index contributed by atoms with van der Waals surface area (Å²) < 4.78 is 5.14. The van der Waals surface area contributed by atoms with E-state index in [0.717, 1.165) is 22.2 Å². The number of amides is 1. The van der Waals surface area contributed by atoms with E-state index in [9.17, 15) is 4.79 Å². The third-order valence-corrected chi connectivity index (χ3v) is 4.03. The molecule has 0 aliphatic heterocycles. The summed E-state index contributed by atoms with van der Waals surface area (Å²) in [6, 6.07) is 14.8. The van der Waals surface area contributed by atoms with Gasteiger partial charge < -0.3 is 15.0 Å². The van der Waals surface area contributed by atoms with Crippen LogP contribution >= 0.6 is 11.6 Å². The van der Waals surface area contributed by atoms with Crippen LogP contribution in [-0.2, 0) is 0 Å². The standard InChI is InChI=1S/C18H17ClN2O2/c1-11(12-3-6-15(23-2)7-4-12)20-18(22)17-10-13-9-14(19)5-8-16(13)21-17/h3-11,21H,1-2H3,(H,20,22). The van der Waals surface area contributed by atoms with Gasteiger partial charge in [0.15, 0.2) is 0 Å². The second-order valence-electron chi connectivity index (χ2n) is 5.38. The predicted octanol–water partition coefficient (Wildman–Crippen LogP) is 4.32. The van der Waals surface area contributed by atoms with Crippen molar-refractivity contribution in [2.75, 3.05) is 7.11 Å². The van der Waals surface area contributed by atoms with E-state index >= 15 is 0 Å². The Kier molecular flexibility index (Phi) is 4.26. The van der Waals surface area contributed by atoms with Gasteiger partial charge in [-0.05, 0) is 48.9 Å². The molecule has 0 radical (unpaired) electrons. The average Bonchev–Trinajstić information content (AvgIpc) is 2.98. The van der Waals surface area contributed by atoms with Crippen molar-refractivity contribution in [3.8, 4) is 5.75 Å². The zero-order chi connectivity index (χ0) is 16.4. The van der Waals surface area contributed by atoms with Gasteiger partial charge in [-0.3, -0.25) is 4.79 Å². The van der Waals surface area contributed by atoms with Gasteiger partial charge in [-0.25, -0.2) is 0 Å². The molecule has 0 aliphatic carbocycles. The Morgan fingerprint density at radius 2 is 1.91 bits per heavy atom. The first-order valence-corrected chi connectivity index (χ1v) is 7.67. The first-order chi connectivity index (χ1) is 11.1. The van der Waals surface area contributed by atoms with Gasteiger partial charge in [0.2, 0.25) is 0 Å². The van der Waals surface area contributed by atoms with Crippen molar-refractivity contribution in [1.82, 2.24) is 10.3 Å². The van der Waals surface area contributed by atoms with Crippen LogP contribution in [0.2, 0.25) is 5.02 Å². The summed E-state index contributed by atoms with van der Waals surface area (Å²) in [5.41, 5.74) is 2.41. The maximum absolute atomic E-state index is 12.4. The Morgan fingerprint density at radius 1 is 1.17 bits per heavy atom. The smallest absolute Gasteiger partial charge is 0.268 e. The minimum atomic E-state index is -0.152. The fourth-order valence-electron chi connectivity index (χ4n) is 2.48. The minimum absolute atomic E-state index is 0.108. The highest BCUT2D eigenvalue weighted by Crippen LogP contribution is 2.21. The highest BCUT2D eigenvalue weighted by molar-refractivity contribution is 6.31. The van der Waals surface area contributed by atoms with Crippen LogP contribution in [0.15, 0.2) is 48.5 Å². The topological polar surface area (TPSA) is 54.1 Å². The van der Waals surface area contributed by atoms with Crippen LogP contribution in [0.5, 0.6) is 5.75 Å². The molecule has 2 aromatic carbocycles. The number of carbonyl (C=O) groups excluding carboxylic acids is 1. The summed E-state index contributed by atoms with van der Waals surface area (Å²) in [6.07, 6.45) is 0. The summed E-state index contributed by atoms with van der Waals surface area (Å²) in [6.45, 7) is 1.94. The van der Waals surface area contributed by atoms with E-state index in [-0.39, 0.29) is 11.9 Å². The first kappa shape index (κ1) is 15.4. The van der Waals surface area contributed by atoms with Gasteiger partial charge in [0.05, 0.1) is 13.2 Å². The van der Waals surface area contributed by atoms with Gasteiger partial charge in [-0.1, -0.05) is 23.7 Å². The molecule has 1 atom stereocenters. The van der Waals surface area contributed by atoms with Gasteiger partial charge >= 0.3 is 0 Å². The molecule has 1 amide bonds. The lowest BCUT2D eigenvalue weighted by molar-refractivity contribution is 0.0935. The molecule has 0 saturated carbocycles. The summed E-state index contributed by atoms with van der Waals surface area (Å²) >= 11 is 5.97. The van der Waals surface area contributed by atoms with E-state index in [1.54, 1.807) is 19.2 Å². The lowest BCUT2D eigenvalue weighted by atomic mass is 10.1. The summed E-state index contributed by atoms with van der Waals surface area (Å²) in [7, 11) is 1.63. The van der Waals surface area contributed by atoms with Gasteiger partial charge in [0.1, 0.15) is 11.4 Å². The van der Waals surface area contributed by atoms with Crippen LogP contribution in [0.3, 0.4) is 0 Å². The van der Waals surface area contributed by atoms with Gasteiger partial charge in [-0.15, -0.1) is 0 Å². The van der Waals surface area contributed by atoms with Crippen molar-refractivity contribution < 1.29 is 9.53 Å². The van der Waals surface area contributed by atoms with Crippen molar-refractivity contribution in [3.05, 3.63) is 64.8 Å². The molecule has 118 valence electrons. The largest absolute Gasteiger partial charge is 0.497 e. The number of H-pyrrole nitrogens is 1. The maximum Gasteiger partial charge on any atom is 0.268 e. The summed E-state index contributed by atoms with van der Waals surface area (Å²) in [4.78, 5) is 15.5. The SMILES string of the molecule is COc1ccc(C(C)NC(=O)c2cc3cc(Cl)ccc3[nH]2)cc1. The molecular formula is C18H17ClN2O2. The third kappa shape index (κ3) is 3.32. The van der Waals surface area contributed by atoms with Crippen LogP contribution in [0.25, 0.3) is 10.9 Å². The molecule has 5 heteroatoms. The van der Waals surface area contributed by atoms with E-state index in [2.05, 4.69) is 10.3 Å². The van der Waals surface area contributed by atoms with Gasteiger partial charge in [-0.2, -0.15) is 0 Å². The van der Waals surface area contributed by atoms with Crippen molar-refractivity contribution in [3.63, 3.8) is 0 Å². The second-order valence-corrected chi connectivity index (χ2v) is 5.82. The number of aromatic amines is 1. The summed E-state index contributed by atoms with van der Waals surface area (Å²) in [5, 5.41) is 4.55. The molecule has 0 saturated heterocycles. The first-order valence-electron chi connectivity index (χ1n) is 7.30.